The van der Waals surface area contributed by atoms with Crippen LogP contribution >= 0.6 is 26.6 Å². The van der Waals surface area contributed by atoms with E-state index >= 15 is 0 Å². The van der Waals surface area contributed by atoms with Crippen molar-refractivity contribution in [1.82, 2.24) is 19.1 Å². The van der Waals surface area contributed by atoms with Crippen LogP contribution in [0.25, 0.3) is 0 Å². The summed E-state index contributed by atoms with van der Waals surface area (Å²) < 4.78 is 4.03. The number of rotatable bonds is 2. The van der Waals surface area contributed by atoms with E-state index < -0.39 is 0 Å². The van der Waals surface area contributed by atoms with Crippen molar-refractivity contribution < 1.29 is 14.5 Å². The van der Waals surface area contributed by atoms with Crippen LogP contribution in [0.1, 0.15) is 13.8 Å². The minimum absolute atomic E-state index is 0.208. The maximum atomic E-state index is 3.86. The molecule has 0 fully saturated rings. The Balaban J connectivity index is 0.000000247. The molecule has 2 aromatic heterocycles. The molecule has 0 aliphatic rings. The zero-order valence-electron chi connectivity index (χ0n) is 9.74. The Hall–Kier alpha value is 0.0683. The molecule has 0 spiro atoms. The van der Waals surface area contributed by atoms with Gasteiger partial charge in [-0.1, -0.05) is 0 Å². The molecule has 100 valence electrons. The first kappa shape index (κ1) is 17.1. The van der Waals surface area contributed by atoms with E-state index in [0.717, 1.165) is 13.1 Å². The zero-order valence-corrected chi connectivity index (χ0v) is 15.2. The number of hydrogen-bond donors (Lipinski definition) is 0. The van der Waals surface area contributed by atoms with E-state index in [2.05, 4.69) is 50.4 Å². The Labute approximate surface area is 124 Å². The minimum atomic E-state index is 0.208. The molecule has 0 N–H and O–H groups in total. The number of halogens is 2. The van der Waals surface area contributed by atoms with Gasteiger partial charge < -0.3 is 9.13 Å². The van der Waals surface area contributed by atoms with Gasteiger partial charge in [0.1, 0.15) is 0 Å². The van der Waals surface area contributed by atoms with Crippen molar-refractivity contribution in [3.63, 3.8) is 0 Å². The van der Waals surface area contributed by atoms with Crippen molar-refractivity contribution in [3.05, 3.63) is 37.4 Å². The quantitative estimate of drug-likeness (QED) is 0.578. The van der Waals surface area contributed by atoms with Crippen LogP contribution < -0.4 is 0 Å². The monoisotopic (exact) mass is 545 g/mol. The van der Waals surface area contributed by atoms with Crippen molar-refractivity contribution >= 4 is 26.6 Å². The molecule has 2 heterocycles. The second-order valence-electron chi connectivity index (χ2n) is 2.83. The molecule has 0 amide bonds. The molecule has 7 heteroatoms. The van der Waals surface area contributed by atoms with Crippen LogP contribution in [0.2, 0.25) is 0 Å². The molecular formula is C10H16Br2N4Pt. The van der Waals surface area contributed by atoms with Crippen LogP contribution in [0.15, 0.2) is 37.4 Å². The number of aryl methyl sites for hydroxylation is 2. The molecule has 0 bridgehead atoms. The van der Waals surface area contributed by atoms with E-state index in [4.69, 9.17) is 0 Å². The van der Waals surface area contributed by atoms with Gasteiger partial charge in [0.05, 0.1) is 12.7 Å². The number of imidazole rings is 2. The summed E-state index contributed by atoms with van der Waals surface area (Å²) in [5.41, 5.74) is 0. The summed E-state index contributed by atoms with van der Waals surface area (Å²) in [5, 5.41) is 0. The molecule has 0 saturated heterocycles. The van der Waals surface area contributed by atoms with Crippen molar-refractivity contribution in [1.29, 1.82) is 0 Å². The number of aromatic nitrogens is 4. The molecule has 2 aromatic rings. The predicted molar refractivity (Wildman–Crippen MR) is 73.7 cm³/mol. The normalized spacial score (nSPS) is 8.94. The summed E-state index contributed by atoms with van der Waals surface area (Å²) in [6.45, 7) is 6.20. The van der Waals surface area contributed by atoms with E-state index in [0.29, 0.717) is 0 Å². The summed E-state index contributed by atoms with van der Waals surface area (Å²) >= 11 is 6.56. The molecule has 0 aliphatic heterocycles. The average Bonchev–Trinajstić information content (AvgIpc) is 3.04. The van der Waals surface area contributed by atoms with Gasteiger partial charge in [-0.05, 0) is 13.8 Å². The molecule has 0 saturated carbocycles. The van der Waals surface area contributed by atoms with Crippen LogP contribution in [0, 0.1) is 0 Å². The zero-order chi connectivity index (χ0) is 12.9. The van der Waals surface area contributed by atoms with Crippen molar-refractivity contribution in [3.8, 4) is 0 Å². The van der Waals surface area contributed by atoms with E-state index in [1.807, 2.05) is 21.5 Å². The summed E-state index contributed by atoms with van der Waals surface area (Å²) in [4.78, 5) is 7.71. The topological polar surface area (TPSA) is 35.6 Å². The fourth-order valence-electron chi connectivity index (χ4n) is 0.948. The molecule has 0 aliphatic carbocycles. The van der Waals surface area contributed by atoms with Crippen LogP contribution in [0.5, 0.6) is 0 Å². The second-order valence-corrected chi connectivity index (χ2v) is 12.8. The molecule has 4 nitrogen and oxygen atoms in total. The fourth-order valence-corrected chi connectivity index (χ4v) is 0.948. The summed E-state index contributed by atoms with van der Waals surface area (Å²) in [6, 6.07) is 0. The first-order valence-corrected chi connectivity index (χ1v) is 14.9. The van der Waals surface area contributed by atoms with Crippen molar-refractivity contribution in [2.45, 2.75) is 26.9 Å². The summed E-state index contributed by atoms with van der Waals surface area (Å²) in [6.07, 6.45) is 11.1. The van der Waals surface area contributed by atoms with Gasteiger partial charge in [-0.25, -0.2) is 9.97 Å². The van der Waals surface area contributed by atoms with Crippen LogP contribution in [-0.4, -0.2) is 19.1 Å². The first-order chi connectivity index (χ1) is 8.28. The van der Waals surface area contributed by atoms with Crippen molar-refractivity contribution in [2.24, 2.45) is 0 Å². The Morgan fingerprint density at radius 3 is 1.41 bits per heavy atom. The third kappa shape index (κ3) is 9.74. The molecule has 0 radical (unpaired) electrons. The average molecular weight is 547 g/mol. The third-order valence-corrected chi connectivity index (χ3v) is 1.85. The molecular weight excluding hydrogens is 531 g/mol. The van der Waals surface area contributed by atoms with E-state index in [1.54, 1.807) is 25.0 Å². The van der Waals surface area contributed by atoms with Crippen LogP contribution in [0.3, 0.4) is 0 Å². The molecule has 0 unspecified atom stereocenters. The number of nitrogens with zero attached hydrogens (tertiary/aromatic N) is 4. The van der Waals surface area contributed by atoms with Gasteiger partial charge in [0, 0.05) is 37.9 Å². The Kier molecular flexibility index (Phi) is 12.6. The van der Waals surface area contributed by atoms with Gasteiger partial charge in [0.2, 0.25) is 0 Å². The molecule has 2 rings (SSSR count). The fraction of sp³-hybridized carbons (Fsp3) is 0.400. The Bertz CT molecular complexity index is 303. The van der Waals surface area contributed by atoms with Gasteiger partial charge in [0.15, 0.2) is 0 Å². The van der Waals surface area contributed by atoms with Crippen LogP contribution in [0.4, 0.5) is 0 Å². The Morgan fingerprint density at radius 2 is 1.29 bits per heavy atom. The molecule has 0 atom stereocenters. The summed E-state index contributed by atoms with van der Waals surface area (Å²) in [5.74, 6) is 0. The SMILES string of the molecule is CCn1ccnc1.CCn1ccnc1.[Br][Pt][Br]. The van der Waals surface area contributed by atoms with Gasteiger partial charge in [-0.3, -0.25) is 0 Å². The van der Waals surface area contributed by atoms with Crippen LogP contribution in [-0.2, 0) is 27.5 Å². The van der Waals surface area contributed by atoms with Gasteiger partial charge in [-0.15, -0.1) is 0 Å². The standard InChI is InChI=1S/2C5H8N2.2BrH.Pt/c2*1-2-7-4-3-6-5-7;;;/h2*3-5H,2H2,1H3;2*1H;/q;;;;+2/p-2. The van der Waals surface area contributed by atoms with Crippen molar-refractivity contribution in [2.75, 3.05) is 0 Å². The summed E-state index contributed by atoms with van der Waals surface area (Å²) in [7, 11) is 0. The van der Waals surface area contributed by atoms with Gasteiger partial charge in [0.25, 0.3) is 0 Å². The third-order valence-electron chi connectivity index (χ3n) is 1.85. The van der Waals surface area contributed by atoms with Gasteiger partial charge in [-0.2, -0.15) is 0 Å². The maximum absolute atomic E-state index is 3.86. The predicted octanol–water partition coefficient (Wildman–Crippen LogP) is 3.49. The van der Waals surface area contributed by atoms with E-state index in [-0.39, 0.29) is 14.5 Å². The van der Waals surface area contributed by atoms with E-state index in [9.17, 15) is 0 Å². The van der Waals surface area contributed by atoms with Gasteiger partial charge >= 0.3 is 41.0 Å². The van der Waals surface area contributed by atoms with E-state index in [1.165, 1.54) is 0 Å². The number of hydrogen-bond acceptors (Lipinski definition) is 2. The second kappa shape index (κ2) is 12.5. The molecule has 17 heavy (non-hydrogen) atoms. The molecule has 0 aromatic carbocycles. The first-order valence-electron chi connectivity index (χ1n) is 5.02. The Morgan fingerprint density at radius 1 is 0.941 bits per heavy atom.